The normalized spacial score (nSPS) is 14.3. The Balaban J connectivity index is 0.00000420. The molecule has 39 heavy (non-hydrogen) atoms. The Morgan fingerprint density at radius 1 is 1.00 bits per heavy atom. The zero-order valence-electron chi connectivity index (χ0n) is 21.8. The Kier molecular flexibility index (Phi) is 11.2. The van der Waals surface area contributed by atoms with Crippen LogP contribution in [-0.2, 0) is 10.0 Å². The minimum absolute atomic E-state index is 0. The van der Waals surface area contributed by atoms with Gasteiger partial charge in [-0.2, -0.15) is 0 Å². The van der Waals surface area contributed by atoms with Crippen molar-refractivity contribution in [1.82, 2.24) is 10.0 Å². The molecule has 0 bridgehead atoms. The van der Waals surface area contributed by atoms with Crippen molar-refractivity contribution in [1.29, 1.82) is 0 Å². The second kappa shape index (κ2) is 14.3. The maximum atomic E-state index is 12.6. The number of carbonyl (C=O) groups excluding carboxylic acids is 1. The number of hydrogen-bond donors (Lipinski definition) is 3. The summed E-state index contributed by atoms with van der Waals surface area (Å²) in [4.78, 5) is 12.6. The molecule has 4 rings (SSSR count). The Morgan fingerprint density at radius 2 is 1.67 bits per heavy atom. The van der Waals surface area contributed by atoms with E-state index in [0.717, 1.165) is 48.6 Å². The summed E-state index contributed by atoms with van der Waals surface area (Å²) in [5, 5.41) is 13.4. The molecule has 3 aromatic carbocycles. The van der Waals surface area contributed by atoms with Crippen LogP contribution >= 0.6 is 12.4 Å². The van der Waals surface area contributed by atoms with E-state index >= 15 is 0 Å². The molecule has 0 radical (unpaired) electrons. The third-order valence-electron chi connectivity index (χ3n) is 6.36. The highest BCUT2D eigenvalue weighted by Crippen LogP contribution is 2.32. The third-order valence-corrected chi connectivity index (χ3v) is 6.91. The molecule has 8 nitrogen and oxygen atoms in total. The lowest BCUT2D eigenvalue weighted by molar-refractivity contribution is 0.0974. The number of amides is 1. The summed E-state index contributed by atoms with van der Waals surface area (Å²) in [7, 11) is -3.70. The molecule has 10 heteroatoms. The quantitative estimate of drug-likeness (QED) is 0.273. The van der Waals surface area contributed by atoms with E-state index in [4.69, 9.17) is 9.47 Å². The second-order valence-electron chi connectivity index (χ2n) is 9.44. The highest BCUT2D eigenvalue weighted by atomic mass is 35.5. The van der Waals surface area contributed by atoms with Crippen LogP contribution in [0.5, 0.6) is 11.5 Å². The van der Waals surface area contributed by atoms with Gasteiger partial charge in [-0.15, -0.1) is 12.4 Å². The molecule has 210 valence electrons. The Bertz CT molecular complexity index is 1310. The fraction of sp³-hybridized carbons (Fsp3) is 0.345. The molecular formula is C29H35ClN2O6S. The van der Waals surface area contributed by atoms with Crippen LogP contribution in [0.4, 0.5) is 0 Å². The van der Waals surface area contributed by atoms with Crippen LogP contribution in [-0.4, -0.2) is 51.5 Å². The number of sulfonamides is 1. The van der Waals surface area contributed by atoms with Gasteiger partial charge in [-0.3, -0.25) is 4.79 Å². The first-order chi connectivity index (χ1) is 18.3. The predicted octanol–water partition coefficient (Wildman–Crippen LogP) is 4.49. The second-order valence-corrected chi connectivity index (χ2v) is 11.2. The van der Waals surface area contributed by atoms with Crippen LogP contribution in [0.3, 0.4) is 0 Å². The summed E-state index contributed by atoms with van der Waals surface area (Å²) in [5.74, 6) is 0.381. The highest BCUT2D eigenvalue weighted by Gasteiger charge is 2.22. The van der Waals surface area contributed by atoms with Crippen LogP contribution in [0.15, 0.2) is 72.8 Å². The molecule has 0 aliphatic heterocycles. The van der Waals surface area contributed by atoms with E-state index in [9.17, 15) is 18.3 Å². The minimum Gasteiger partial charge on any atom is -0.492 e. The number of hydrogen-bond acceptors (Lipinski definition) is 7. The molecule has 1 saturated carbocycles. The number of benzene rings is 3. The van der Waals surface area contributed by atoms with Gasteiger partial charge in [-0.25, -0.2) is 13.1 Å². The van der Waals surface area contributed by atoms with Gasteiger partial charge < -0.3 is 19.9 Å². The van der Waals surface area contributed by atoms with Crippen molar-refractivity contribution in [2.45, 2.75) is 37.9 Å². The standard InChI is InChI=1S/C29H34N2O6S.ClH/c1-38(34,35)31-29(33)26-16-13-23(19-28(26)37-25-9-5-6-10-25)21-11-14-24(15-12-21)36-18-17-30-20-27(32)22-7-3-2-4-8-22;/h2-4,7-8,11-16,19,25,27,30,32H,5-6,9-10,17-18,20H2,1H3,(H,31,33);1H/t27-;/m0./s1. The molecule has 3 N–H and O–H groups in total. The number of aliphatic hydroxyl groups is 1. The first-order valence-electron chi connectivity index (χ1n) is 12.8. The molecular weight excluding hydrogens is 540 g/mol. The van der Waals surface area contributed by atoms with E-state index < -0.39 is 22.0 Å². The van der Waals surface area contributed by atoms with Crippen molar-refractivity contribution in [2.75, 3.05) is 26.0 Å². The van der Waals surface area contributed by atoms with Gasteiger partial charge in [0, 0.05) is 13.1 Å². The summed E-state index contributed by atoms with van der Waals surface area (Å²) >= 11 is 0. The Morgan fingerprint density at radius 3 is 2.33 bits per heavy atom. The topological polar surface area (TPSA) is 114 Å². The van der Waals surface area contributed by atoms with E-state index in [1.807, 2.05) is 59.3 Å². The maximum absolute atomic E-state index is 12.6. The number of aliphatic hydroxyl groups excluding tert-OH is 1. The average molecular weight is 575 g/mol. The van der Waals surface area contributed by atoms with Crippen molar-refractivity contribution in [3.05, 3.63) is 83.9 Å². The van der Waals surface area contributed by atoms with Crippen LogP contribution in [0.1, 0.15) is 47.7 Å². The molecule has 0 aromatic heterocycles. The van der Waals surface area contributed by atoms with Gasteiger partial charge in [-0.05, 0) is 66.6 Å². The smallest absolute Gasteiger partial charge is 0.268 e. The first kappa shape index (κ1) is 30.4. The van der Waals surface area contributed by atoms with E-state index in [0.29, 0.717) is 31.2 Å². The Labute approximate surface area is 236 Å². The first-order valence-corrected chi connectivity index (χ1v) is 14.7. The lowest BCUT2D eigenvalue weighted by Gasteiger charge is -2.17. The molecule has 1 aliphatic carbocycles. The van der Waals surface area contributed by atoms with Gasteiger partial charge in [0.15, 0.2) is 0 Å². The van der Waals surface area contributed by atoms with Gasteiger partial charge in [-0.1, -0.05) is 48.5 Å². The number of rotatable bonds is 12. The summed E-state index contributed by atoms with van der Waals surface area (Å²) in [6.45, 7) is 1.48. The van der Waals surface area contributed by atoms with Gasteiger partial charge in [0.1, 0.15) is 18.1 Å². The maximum Gasteiger partial charge on any atom is 0.268 e. The van der Waals surface area contributed by atoms with Crippen LogP contribution in [0, 0.1) is 0 Å². The van der Waals surface area contributed by atoms with E-state index in [1.165, 1.54) is 0 Å². The summed E-state index contributed by atoms with van der Waals surface area (Å²) in [5.41, 5.74) is 2.82. The molecule has 3 aromatic rings. The molecule has 0 heterocycles. The molecule has 1 amide bonds. The summed E-state index contributed by atoms with van der Waals surface area (Å²) < 4.78 is 37.2. The van der Waals surface area contributed by atoms with Crippen LogP contribution in [0.2, 0.25) is 0 Å². The van der Waals surface area contributed by atoms with Crippen LogP contribution in [0.25, 0.3) is 11.1 Å². The minimum atomic E-state index is -3.70. The lowest BCUT2D eigenvalue weighted by atomic mass is 10.0. The zero-order valence-corrected chi connectivity index (χ0v) is 23.5. The zero-order chi connectivity index (χ0) is 27.0. The van der Waals surface area contributed by atoms with Crippen molar-refractivity contribution >= 4 is 28.3 Å². The van der Waals surface area contributed by atoms with Crippen LogP contribution < -0.4 is 19.5 Å². The molecule has 0 saturated heterocycles. The van der Waals surface area contributed by atoms with E-state index in [2.05, 4.69) is 5.32 Å². The Hall–Kier alpha value is -3.11. The van der Waals surface area contributed by atoms with Crippen molar-refractivity contribution in [3.63, 3.8) is 0 Å². The number of carbonyl (C=O) groups is 1. The highest BCUT2D eigenvalue weighted by molar-refractivity contribution is 7.89. The summed E-state index contributed by atoms with van der Waals surface area (Å²) in [6.07, 6.45) is 4.34. The van der Waals surface area contributed by atoms with Crippen molar-refractivity contribution in [2.24, 2.45) is 0 Å². The molecule has 1 aliphatic rings. The number of halogens is 1. The summed E-state index contributed by atoms with van der Waals surface area (Å²) in [6, 6.07) is 22.3. The van der Waals surface area contributed by atoms with Gasteiger partial charge in [0.2, 0.25) is 10.0 Å². The van der Waals surface area contributed by atoms with Crippen molar-refractivity contribution < 1.29 is 27.8 Å². The molecule has 0 unspecified atom stereocenters. The fourth-order valence-electron chi connectivity index (χ4n) is 4.41. The average Bonchev–Trinajstić information content (AvgIpc) is 3.41. The SMILES string of the molecule is CS(=O)(=O)NC(=O)c1ccc(-c2ccc(OCCNC[C@H](O)c3ccccc3)cc2)cc1OC1CCCC1.Cl. The van der Waals surface area contributed by atoms with Gasteiger partial charge in [0.05, 0.1) is 24.0 Å². The third kappa shape index (κ3) is 9.25. The largest absolute Gasteiger partial charge is 0.492 e. The molecule has 1 fully saturated rings. The van der Waals surface area contributed by atoms with Gasteiger partial charge >= 0.3 is 0 Å². The van der Waals surface area contributed by atoms with E-state index in [1.54, 1.807) is 18.2 Å². The van der Waals surface area contributed by atoms with Gasteiger partial charge in [0.25, 0.3) is 5.91 Å². The monoisotopic (exact) mass is 574 g/mol. The number of nitrogens with one attached hydrogen (secondary N) is 2. The predicted molar refractivity (Wildman–Crippen MR) is 154 cm³/mol. The number of ether oxygens (including phenoxy) is 2. The van der Waals surface area contributed by atoms with E-state index in [-0.39, 0.29) is 24.1 Å². The lowest BCUT2D eigenvalue weighted by Crippen LogP contribution is -2.30. The van der Waals surface area contributed by atoms with Crippen molar-refractivity contribution in [3.8, 4) is 22.6 Å². The molecule has 1 atom stereocenters. The molecule has 0 spiro atoms. The fourth-order valence-corrected chi connectivity index (χ4v) is 4.86.